The molecular formula is C22H25NO4. The normalized spacial score (nSPS) is 12.9. The Labute approximate surface area is 159 Å². The van der Waals surface area contributed by atoms with Crippen LogP contribution in [0.3, 0.4) is 0 Å². The zero-order chi connectivity index (χ0) is 20.0. The lowest BCUT2D eigenvalue weighted by atomic mass is 9.99. The second-order valence-corrected chi connectivity index (χ2v) is 6.58. The van der Waals surface area contributed by atoms with E-state index in [4.69, 9.17) is 5.11 Å². The van der Waals surface area contributed by atoms with Crippen molar-refractivity contribution in [3.63, 3.8) is 0 Å². The Balaban J connectivity index is 0.000000244. The van der Waals surface area contributed by atoms with E-state index in [9.17, 15) is 14.7 Å². The monoisotopic (exact) mass is 367 g/mol. The highest BCUT2D eigenvalue weighted by Gasteiger charge is 2.24. The molecule has 0 amide bonds. The molecule has 1 aliphatic heterocycles. The molecule has 1 saturated heterocycles. The van der Waals surface area contributed by atoms with Crippen molar-refractivity contribution in [3.8, 4) is 0 Å². The van der Waals surface area contributed by atoms with Crippen molar-refractivity contribution in [2.24, 2.45) is 0 Å². The largest absolute Gasteiger partial charge is 0.478 e. The van der Waals surface area contributed by atoms with Crippen molar-refractivity contribution in [1.29, 1.82) is 0 Å². The van der Waals surface area contributed by atoms with Crippen LogP contribution in [0, 0.1) is 6.92 Å². The van der Waals surface area contributed by atoms with Gasteiger partial charge in [-0.2, -0.15) is 0 Å². The summed E-state index contributed by atoms with van der Waals surface area (Å²) in [5.41, 5.74) is 3.45. The molecule has 0 unspecified atom stereocenters. The first-order valence-electron chi connectivity index (χ1n) is 8.89. The third-order valence-corrected chi connectivity index (χ3v) is 4.60. The molecule has 0 spiro atoms. The van der Waals surface area contributed by atoms with Crippen LogP contribution in [0.5, 0.6) is 0 Å². The van der Waals surface area contributed by atoms with Crippen LogP contribution in [0.15, 0.2) is 49.0 Å². The Morgan fingerprint density at radius 3 is 2.00 bits per heavy atom. The summed E-state index contributed by atoms with van der Waals surface area (Å²) in [5.74, 6) is -2.17. The number of anilines is 1. The van der Waals surface area contributed by atoms with E-state index in [1.807, 2.05) is 30.0 Å². The molecule has 0 aliphatic carbocycles. The van der Waals surface area contributed by atoms with Crippen molar-refractivity contribution in [3.05, 3.63) is 71.3 Å². The maximum absolute atomic E-state index is 11.4. The number of hydrogen-bond donors (Lipinski definition) is 2. The van der Waals surface area contributed by atoms with Gasteiger partial charge in [-0.1, -0.05) is 42.5 Å². The highest BCUT2D eigenvalue weighted by molar-refractivity contribution is 6.01. The fraction of sp³-hybridized carbons (Fsp3) is 0.273. The Hall–Kier alpha value is -3.08. The van der Waals surface area contributed by atoms with E-state index in [1.165, 1.54) is 11.6 Å². The smallest absolute Gasteiger partial charge is 0.338 e. The zero-order valence-electron chi connectivity index (χ0n) is 15.7. The van der Waals surface area contributed by atoms with E-state index in [-0.39, 0.29) is 11.1 Å². The fourth-order valence-corrected chi connectivity index (χ4v) is 3.14. The minimum atomic E-state index is -1.09. The maximum Gasteiger partial charge on any atom is 0.338 e. The maximum atomic E-state index is 11.4. The molecule has 3 rings (SSSR count). The van der Waals surface area contributed by atoms with Crippen molar-refractivity contribution in [2.75, 3.05) is 18.0 Å². The Kier molecular flexibility index (Phi) is 6.77. The van der Waals surface area contributed by atoms with Crippen LogP contribution in [-0.2, 0) is 0 Å². The Bertz CT molecular complexity index is 837. The van der Waals surface area contributed by atoms with E-state index >= 15 is 0 Å². The highest BCUT2D eigenvalue weighted by atomic mass is 16.4. The van der Waals surface area contributed by atoms with Crippen LogP contribution in [0.4, 0.5) is 5.69 Å². The SMILES string of the molecule is C=C(C)c1ccccc1.Cc1c(C(=O)O)ccc(N2CCCC2)c1C(=O)O. The molecule has 5 heteroatoms. The van der Waals surface area contributed by atoms with Crippen LogP contribution in [0.1, 0.15) is 51.6 Å². The third kappa shape index (κ3) is 4.97. The number of aromatic carboxylic acids is 2. The first kappa shape index (κ1) is 20.2. The summed E-state index contributed by atoms with van der Waals surface area (Å²) in [6.07, 6.45) is 2.08. The third-order valence-electron chi connectivity index (χ3n) is 4.60. The van der Waals surface area contributed by atoms with Gasteiger partial charge >= 0.3 is 11.9 Å². The summed E-state index contributed by atoms with van der Waals surface area (Å²) in [7, 11) is 0. The van der Waals surface area contributed by atoms with E-state index < -0.39 is 11.9 Å². The van der Waals surface area contributed by atoms with Crippen molar-refractivity contribution >= 4 is 23.2 Å². The second-order valence-electron chi connectivity index (χ2n) is 6.58. The van der Waals surface area contributed by atoms with Crippen LogP contribution < -0.4 is 4.90 Å². The van der Waals surface area contributed by atoms with Gasteiger partial charge in [-0.25, -0.2) is 9.59 Å². The fourth-order valence-electron chi connectivity index (χ4n) is 3.14. The van der Waals surface area contributed by atoms with Gasteiger partial charge in [0, 0.05) is 13.1 Å². The quantitative estimate of drug-likeness (QED) is 0.818. The minimum Gasteiger partial charge on any atom is -0.478 e. The summed E-state index contributed by atoms with van der Waals surface area (Å²) in [6.45, 7) is 9.03. The number of carbonyl (C=O) groups is 2. The average Bonchev–Trinajstić information content (AvgIpc) is 3.16. The van der Waals surface area contributed by atoms with E-state index in [1.54, 1.807) is 13.0 Å². The predicted molar refractivity (Wildman–Crippen MR) is 108 cm³/mol. The summed E-state index contributed by atoms with van der Waals surface area (Å²) >= 11 is 0. The van der Waals surface area contributed by atoms with Crippen LogP contribution >= 0.6 is 0 Å². The number of carboxylic acid groups (broad SMARTS) is 2. The minimum absolute atomic E-state index is 0.0512. The standard InChI is InChI=1S/C13H15NO4.C9H10/c1-8-9(12(15)16)4-5-10(11(8)13(17)18)14-6-2-3-7-14;1-8(2)9-6-4-3-5-7-9/h4-5H,2-3,6-7H2,1H3,(H,15,16)(H,17,18);3-7H,1H2,2H3. The van der Waals surface area contributed by atoms with E-state index in [2.05, 4.69) is 18.7 Å². The summed E-state index contributed by atoms with van der Waals surface area (Å²) in [6, 6.07) is 13.2. The highest BCUT2D eigenvalue weighted by Crippen LogP contribution is 2.29. The lowest BCUT2D eigenvalue weighted by Gasteiger charge is -2.21. The van der Waals surface area contributed by atoms with E-state index in [0.29, 0.717) is 11.3 Å². The first-order valence-corrected chi connectivity index (χ1v) is 8.89. The zero-order valence-corrected chi connectivity index (χ0v) is 15.7. The lowest BCUT2D eigenvalue weighted by molar-refractivity contribution is 0.0696. The number of allylic oxidation sites excluding steroid dienone is 1. The van der Waals surface area contributed by atoms with Gasteiger partial charge in [-0.05, 0) is 49.9 Å². The summed E-state index contributed by atoms with van der Waals surface area (Å²) in [4.78, 5) is 24.4. The van der Waals surface area contributed by atoms with Gasteiger partial charge in [-0.15, -0.1) is 0 Å². The molecule has 0 saturated carbocycles. The molecular weight excluding hydrogens is 342 g/mol. The molecule has 0 atom stereocenters. The van der Waals surface area contributed by atoms with Gasteiger partial charge in [0.25, 0.3) is 0 Å². The van der Waals surface area contributed by atoms with Crippen LogP contribution in [-0.4, -0.2) is 35.2 Å². The summed E-state index contributed by atoms with van der Waals surface area (Å²) in [5, 5.41) is 18.3. The van der Waals surface area contributed by atoms with Gasteiger partial charge in [-0.3, -0.25) is 0 Å². The van der Waals surface area contributed by atoms with Crippen molar-refractivity contribution < 1.29 is 19.8 Å². The molecule has 1 heterocycles. The van der Waals surface area contributed by atoms with Gasteiger partial charge in [0.15, 0.2) is 0 Å². The number of hydrogen-bond acceptors (Lipinski definition) is 3. The molecule has 1 aliphatic rings. The van der Waals surface area contributed by atoms with Crippen LogP contribution in [0.25, 0.3) is 5.57 Å². The predicted octanol–water partition coefficient (Wildman–Crippen LogP) is 4.71. The summed E-state index contributed by atoms with van der Waals surface area (Å²) < 4.78 is 0. The molecule has 142 valence electrons. The molecule has 0 aromatic heterocycles. The number of carboxylic acids is 2. The van der Waals surface area contributed by atoms with Gasteiger partial charge < -0.3 is 15.1 Å². The average molecular weight is 367 g/mol. The molecule has 5 nitrogen and oxygen atoms in total. The second kappa shape index (κ2) is 9.03. The molecule has 27 heavy (non-hydrogen) atoms. The van der Waals surface area contributed by atoms with Crippen molar-refractivity contribution in [2.45, 2.75) is 26.7 Å². The Morgan fingerprint density at radius 2 is 1.56 bits per heavy atom. The van der Waals surface area contributed by atoms with Gasteiger partial charge in [0.1, 0.15) is 0 Å². The topological polar surface area (TPSA) is 77.8 Å². The van der Waals surface area contributed by atoms with Crippen LogP contribution in [0.2, 0.25) is 0 Å². The van der Waals surface area contributed by atoms with Crippen molar-refractivity contribution in [1.82, 2.24) is 0 Å². The van der Waals surface area contributed by atoms with Gasteiger partial charge in [0.2, 0.25) is 0 Å². The molecule has 0 bridgehead atoms. The van der Waals surface area contributed by atoms with Gasteiger partial charge in [0.05, 0.1) is 16.8 Å². The Morgan fingerprint density at radius 1 is 0.963 bits per heavy atom. The molecule has 0 radical (unpaired) electrons. The number of rotatable bonds is 4. The lowest BCUT2D eigenvalue weighted by Crippen LogP contribution is -2.22. The number of benzene rings is 2. The first-order chi connectivity index (χ1) is 12.8. The molecule has 1 fully saturated rings. The van der Waals surface area contributed by atoms with E-state index in [0.717, 1.165) is 31.5 Å². The molecule has 2 aromatic carbocycles. The molecule has 2 aromatic rings. The number of nitrogens with zero attached hydrogens (tertiary/aromatic N) is 1. The molecule has 2 N–H and O–H groups in total.